The van der Waals surface area contributed by atoms with Gasteiger partial charge in [0.25, 0.3) is 0 Å². The van der Waals surface area contributed by atoms with Gasteiger partial charge in [-0.1, -0.05) is 15.9 Å². The Morgan fingerprint density at radius 2 is 2.35 bits per heavy atom. The molecule has 1 aromatic heterocycles. The zero-order valence-corrected chi connectivity index (χ0v) is 11.5. The number of ketones is 1. The molecule has 0 aliphatic carbocycles. The van der Waals surface area contributed by atoms with Crippen molar-refractivity contribution in [3.05, 3.63) is 44.8 Å². The Kier molecular flexibility index (Phi) is 3.91. The minimum absolute atomic E-state index is 0.00245. The maximum Gasteiger partial charge on any atom is 0.186 e. The van der Waals surface area contributed by atoms with Crippen molar-refractivity contribution < 1.29 is 9.53 Å². The molecule has 2 rings (SSSR count). The molecule has 0 fully saturated rings. The molecule has 0 radical (unpaired) electrons. The van der Waals surface area contributed by atoms with Gasteiger partial charge in [-0.05, 0) is 18.2 Å². The third-order valence-corrected chi connectivity index (χ3v) is 3.39. The molecule has 0 saturated heterocycles. The van der Waals surface area contributed by atoms with Crippen molar-refractivity contribution in [1.29, 1.82) is 0 Å². The second kappa shape index (κ2) is 5.42. The monoisotopic (exact) mass is 311 g/mol. The fraction of sp³-hybridized carbons (Fsp3) is 0.167. The molecule has 88 valence electrons. The van der Waals surface area contributed by atoms with Crippen molar-refractivity contribution in [3.8, 4) is 5.75 Å². The fourth-order valence-electron chi connectivity index (χ4n) is 1.50. The highest BCUT2D eigenvalue weighted by molar-refractivity contribution is 9.10. The molecule has 1 heterocycles. The first-order valence-electron chi connectivity index (χ1n) is 4.94. The molecule has 1 aromatic carbocycles. The van der Waals surface area contributed by atoms with Gasteiger partial charge in [0.1, 0.15) is 11.4 Å². The van der Waals surface area contributed by atoms with Crippen LogP contribution in [0.3, 0.4) is 0 Å². The van der Waals surface area contributed by atoms with E-state index in [4.69, 9.17) is 4.74 Å². The number of benzene rings is 1. The maximum atomic E-state index is 11.9. The number of Topliss-reactive ketones (excluding diaryl/α,β-unsaturated/α-hetero) is 1. The van der Waals surface area contributed by atoms with Crippen molar-refractivity contribution in [2.24, 2.45) is 0 Å². The number of halogens is 1. The molecule has 0 saturated carbocycles. The van der Waals surface area contributed by atoms with E-state index in [1.54, 1.807) is 18.0 Å². The zero-order chi connectivity index (χ0) is 12.3. The molecule has 0 spiro atoms. The van der Waals surface area contributed by atoms with Gasteiger partial charge in [-0.3, -0.25) is 4.79 Å². The summed E-state index contributed by atoms with van der Waals surface area (Å²) in [5.41, 5.74) is 3.03. The molecule has 0 N–H and O–H groups in total. The van der Waals surface area contributed by atoms with Crippen LogP contribution in [0.4, 0.5) is 0 Å². The van der Waals surface area contributed by atoms with Gasteiger partial charge in [-0.15, -0.1) is 11.3 Å². The van der Waals surface area contributed by atoms with Crippen LogP contribution in [0.2, 0.25) is 0 Å². The molecule has 2 aromatic rings. The van der Waals surface area contributed by atoms with Crippen LogP contribution < -0.4 is 4.74 Å². The van der Waals surface area contributed by atoms with Crippen molar-refractivity contribution in [1.82, 2.24) is 4.98 Å². The van der Waals surface area contributed by atoms with Crippen LogP contribution in [0.5, 0.6) is 5.75 Å². The molecular weight excluding hydrogens is 302 g/mol. The van der Waals surface area contributed by atoms with Crippen LogP contribution in [-0.4, -0.2) is 17.9 Å². The van der Waals surface area contributed by atoms with E-state index in [2.05, 4.69) is 20.9 Å². The first-order valence-corrected chi connectivity index (χ1v) is 6.68. The topological polar surface area (TPSA) is 39.2 Å². The number of nitrogens with zero attached hydrogens (tertiary/aromatic N) is 1. The summed E-state index contributed by atoms with van der Waals surface area (Å²) in [5.74, 6) is 0.722. The van der Waals surface area contributed by atoms with E-state index in [1.165, 1.54) is 11.3 Å². The third-order valence-electron chi connectivity index (χ3n) is 2.31. The Hall–Kier alpha value is -1.20. The van der Waals surface area contributed by atoms with Gasteiger partial charge in [0, 0.05) is 21.8 Å². The summed E-state index contributed by atoms with van der Waals surface area (Å²) >= 11 is 4.80. The molecule has 0 unspecified atom stereocenters. The van der Waals surface area contributed by atoms with Gasteiger partial charge < -0.3 is 4.74 Å². The minimum Gasteiger partial charge on any atom is -0.496 e. The Labute approximate surface area is 112 Å². The summed E-state index contributed by atoms with van der Waals surface area (Å²) in [6.45, 7) is 0. The summed E-state index contributed by atoms with van der Waals surface area (Å²) in [5, 5.41) is 1.76. The second-order valence-corrected chi connectivity index (χ2v) is 5.06. The molecule has 0 amide bonds. The molecular formula is C12H10BrNO2S. The van der Waals surface area contributed by atoms with Crippen LogP contribution in [0, 0.1) is 0 Å². The number of hydrogen-bond acceptors (Lipinski definition) is 4. The lowest BCUT2D eigenvalue weighted by molar-refractivity contribution is 0.0988. The Morgan fingerprint density at radius 3 is 3.00 bits per heavy atom. The average molecular weight is 312 g/mol. The smallest absolute Gasteiger partial charge is 0.186 e. The van der Waals surface area contributed by atoms with Crippen molar-refractivity contribution in [2.75, 3.05) is 7.11 Å². The Bertz CT molecular complexity index is 525. The highest BCUT2D eigenvalue weighted by Gasteiger charge is 2.12. The van der Waals surface area contributed by atoms with Gasteiger partial charge in [-0.25, -0.2) is 4.98 Å². The van der Waals surface area contributed by atoms with Gasteiger partial charge in [-0.2, -0.15) is 0 Å². The Morgan fingerprint density at radius 1 is 1.53 bits per heavy atom. The number of rotatable bonds is 4. The van der Waals surface area contributed by atoms with Crippen molar-refractivity contribution >= 4 is 33.0 Å². The number of carbonyl (C=O) groups is 1. The van der Waals surface area contributed by atoms with E-state index < -0.39 is 0 Å². The summed E-state index contributed by atoms with van der Waals surface area (Å²) in [6, 6.07) is 5.62. The molecule has 0 atom stereocenters. The lowest BCUT2D eigenvalue weighted by Gasteiger charge is -2.07. The van der Waals surface area contributed by atoms with E-state index in [0.717, 1.165) is 15.8 Å². The first kappa shape index (κ1) is 12.3. The van der Waals surface area contributed by atoms with E-state index in [1.807, 2.05) is 18.2 Å². The molecule has 0 aliphatic rings. The molecule has 0 bridgehead atoms. The normalized spacial score (nSPS) is 10.2. The van der Waals surface area contributed by atoms with Crippen LogP contribution in [-0.2, 0) is 6.42 Å². The zero-order valence-electron chi connectivity index (χ0n) is 9.14. The van der Waals surface area contributed by atoms with Crippen molar-refractivity contribution in [2.45, 2.75) is 6.42 Å². The highest BCUT2D eigenvalue weighted by Crippen LogP contribution is 2.24. The standard InChI is InChI=1S/C12H10BrNO2S/c1-16-12-3-2-9(13)4-8(12)5-11(15)10-6-17-7-14-10/h2-4,6-7H,5H2,1H3. The average Bonchev–Trinajstić information content (AvgIpc) is 2.83. The van der Waals surface area contributed by atoms with Crippen LogP contribution in [0.15, 0.2) is 33.6 Å². The lowest BCUT2D eigenvalue weighted by Crippen LogP contribution is -2.05. The SMILES string of the molecule is COc1ccc(Br)cc1CC(=O)c1cscn1. The second-order valence-electron chi connectivity index (χ2n) is 3.43. The summed E-state index contributed by atoms with van der Waals surface area (Å²) < 4.78 is 6.16. The summed E-state index contributed by atoms with van der Waals surface area (Å²) in [4.78, 5) is 15.9. The number of aromatic nitrogens is 1. The predicted octanol–water partition coefficient (Wildman–Crippen LogP) is 3.34. The molecule has 5 heteroatoms. The van der Waals surface area contributed by atoms with E-state index in [0.29, 0.717) is 12.1 Å². The quantitative estimate of drug-likeness (QED) is 0.813. The van der Waals surface area contributed by atoms with E-state index in [-0.39, 0.29) is 5.78 Å². The molecule has 0 aliphatic heterocycles. The largest absolute Gasteiger partial charge is 0.496 e. The molecule has 3 nitrogen and oxygen atoms in total. The fourth-order valence-corrected chi connectivity index (χ4v) is 2.46. The van der Waals surface area contributed by atoms with Crippen LogP contribution in [0.1, 0.15) is 16.1 Å². The highest BCUT2D eigenvalue weighted by atomic mass is 79.9. The summed E-state index contributed by atoms with van der Waals surface area (Å²) in [6.07, 6.45) is 0.298. The van der Waals surface area contributed by atoms with Gasteiger partial charge in [0.15, 0.2) is 5.78 Å². The van der Waals surface area contributed by atoms with Crippen LogP contribution in [0.25, 0.3) is 0 Å². The van der Waals surface area contributed by atoms with E-state index in [9.17, 15) is 4.79 Å². The number of hydrogen-bond donors (Lipinski definition) is 0. The van der Waals surface area contributed by atoms with Gasteiger partial charge >= 0.3 is 0 Å². The Balaban J connectivity index is 2.23. The summed E-state index contributed by atoms with van der Waals surface area (Å²) in [7, 11) is 1.60. The van der Waals surface area contributed by atoms with Crippen LogP contribution >= 0.6 is 27.3 Å². The number of ether oxygens (including phenoxy) is 1. The number of methoxy groups -OCH3 is 1. The third kappa shape index (κ3) is 2.92. The number of thiazole rings is 1. The first-order chi connectivity index (χ1) is 8.20. The maximum absolute atomic E-state index is 11.9. The lowest BCUT2D eigenvalue weighted by atomic mass is 10.1. The van der Waals surface area contributed by atoms with Crippen molar-refractivity contribution in [3.63, 3.8) is 0 Å². The minimum atomic E-state index is 0.00245. The van der Waals surface area contributed by atoms with E-state index >= 15 is 0 Å². The number of carbonyl (C=O) groups excluding carboxylic acids is 1. The van der Waals surface area contributed by atoms with Gasteiger partial charge in [0.05, 0.1) is 12.6 Å². The molecule has 17 heavy (non-hydrogen) atoms. The van der Waals surface area contributed by atoms with Gasteiger partial charge in [0.2, 0.25) is 0 Å². The predicted molar refractivity (Wildman–Crippen MR) is 70.8 cm³/mol.